The van der Waals surface area contributed by atoms with Crippen LogP contribution in [0.4, 0.5) is 5.69 Å². The molecule has 39 heavy (non-hydrogen) atoms. The molecule has 2 aromatic carbocycles. The van der Waals surface area contributed by atoms with E-state index in [1.54, 1.807) is 50.2 Å². The number of carboxylic acid groups (broad SMARTS) is 2. The van der Waals surface area contributed by atoms with E-state index in [1.165, 1.54) is 4.90 Å². The Morgan fingerprint density at radius 3 is 2.38 bits per heavy atom. The van der Waals surface area contributed by atoms with Gasteiger partial charge in [-0.15, -0.1) is 6.42 Å². The van der Waals surface area contributed by atoms with E-state index in [2.05, 4.69) is 15.9 Å². The number of halogens is 1. The molecule has 1 amide bonds. The van der Waals surface area contributed by atoms with Crippen molar-refractivity contribution in [2.24, 2.45) is 0 Å². The van der Waals surface area contributed by atoms with Gasteiger partial charge in [-0.05, 0) is 73.3 Å². The molecule has 0 aliphatic heterocycles. The third kappa shape index (κ3) is 6.38. The number of rotatable bonds is 12. The molecular formula is C28H29ClN4O6. The topological polar surface area (TPSA) is 144 Å². The van der Waals surface area contributed by atoms with Crippen molar-refractivity contribution < 1.29 is 24.6 Å². The van der Waals surface area contributed by atoms with Crippen LogP contribution in [-0.2, 0) is 16.1 Å². The van der Waals surface area contributed by atoms with Crippen molar-refractivity contribution in [1.82, 2.24) is 14.9 Å². The second-order valence-corrected chi connectivity index (χ2v) is 9.31. The lowest BCUT2D eigenvalue weighted by atomic mass is 9.87. The summed E-state index contributed by atoms with van der Waals surface area (Å²) in [5, 5.41) is 19.5. The molecule has 0 saturated heterocycles. The Balaban J connectivity index is 1.88. The van der Waals surface area contributed by atoms with Gasteiger partial charge >= 0.3 is 11.9 Å². The van der Waals surface area contributed by atoms with E-state index in [0.29, 0.717) is 23.1 Å². The number of terminal acetylenes is 1. The summed E-state index contributed by atoms with van der Waals surface area (Å²) in [6.07, 6.45) is 5.06. The Morgan fingerprint density at radius 1 is 1.13 bits per heavy atom. The summed E-state index contributed by atoms with van der Waals surface area (Å²) in [6, 6.07) is 11.8. The number of nitrogens with zero attached hydrogens (tertiary/aromatic N) is 3. The number of likely N-dealkylation sites (N-methyl/N-ethyl adjacent to an activating group) is 1. The van der Waals surface area contributed by atoms with Gasteiger partial charge < -0.3 is 20.0 Å². The number of hydrogen-bond donors (Lipinski definition) is 3. The minimum absolute atomic E-state index is 0.00639. The number of amides is 1. The largest absolute Gasteiger partial charge is 0.481 e. The second kappa shape index (κ2) is 12.5. The minimum atomic E-state index is -1.65. The lowest BCUT2D eigenvalue weighted by Crippen LogP contribution is -2.57. The van der Waals surface area contributed by atoms with Crippen LogP contribution in [0.5, 0.6) is 0 Å². The third-order valence-electron chi connectivity index (χ3n) is 6.69. The molecule has 10 nitrogen and oxygen atoms in total. The molecule has 1 atom stereocenters. The van der Waals surface area contributed by atoms with Crippen LogP contribution in [-0.4, -0.2) is 61.6 Å². The molecule has 3 N–H and O–H groups in total. The van der Waals surface area contributed by atoms with Gasteiger partial charge in [0.2, 0.25) is 5.28 Å². The average molecular weight is 553 g/mol. The maximum atomic E-state index is 13.4. The molecule has 3 rings (SSSR count). The smallest absolute Gasteiger partial charge is 0.329 e. The number of benzene rings is 2. The summed E-state index contributed by atoms with van der Waals surface area (Å²) in [4.78, 5) is 58.8. The number of carbonyl (C=O) groups is 3. The maximum absolute atomic E-state index is 13.4. The van der Waals surface area contributed by atoms with E-state index in [9.17, 15) is 24.3 Å². The second-order valence-electron chi connectivity index (χ2n) is 8.95. The highest BCUT2D eigenvalue weighted by atomic mass is 35.5. The molecule has 1 heterocycles. The summed E-state index contributed by atoms with van der Waals surface area (Å²) in [5.41, 5.74) is 0.236. The number of carboxylic acids is 2. The van der Waals surface area contributed by atoms with Gasteiger partial charge in [-0.2, -0.15) is 0 Å². The number of carbonyl (C=O) groups excluding carboxylic acids is 1. The lowest BCUT2D eigenvalue weighted by molar-refractivity contribution is -0.151. The monoisotopic (exact) mass is 552 g/mol. The molecule has 0 bridgehead atoms. The number of anilines is 1. The van der Waals surface area contributed by atoms with Gasteiger partial charge in [0.05, 0.1) is 17.4 Å². The van der Waals surface area contributed by atoms with E-state index in [-0.39, 0.29) is 48.8 Å². The highest BCUT2D eigenvalue weighted by Crippen LogP contribution is 2.29. The van der Waals surface area contributed by atoms with Crippen LogP contribution < -0.4 is 10.5 Å². The van der Waals surface area contributed by atoms with Crippen LogP contribution in [0.2, 0.25) is 5.28 Å². The first-order valence-corrected chi connectivity index (χ1v) is 12.7. The molecule has 0 fully saturated rings. The van der Waals surface area contributed by atoms with Gasteiger partial charge in [0, 0.05) is 30.8 Å². The molecule has 0 spiro atoms. The van der Waals surface area contributed by atoms with Crippen LogP contribution in [0.25, 0.3) is 10.9 Å². The molecule has 3 aromatic rings. The molecule has 0 aliphatic carbocycles. The van der Waals surface area contributed by atoms with E-state index in [1.807, 2.05) is 11.0 Å². The number of hydrogen-bond acceptors (Lipinski definition) is 6. The number of fused-ring (bicyclic) bond motifs is 1. The van der Waals surface area contributed by atoms with E-state index in [4.69, 9.17) is 23.1 Å². The fraction of sp³-hybridized carbons (Fsp3) is 0.321. The summed E-state index contributed by atoms with van der Waals surface area (Å²) in [6.45, 7) is 3.98. The van der Waals surface area contributed by atoms with Crippen LogP contribution in [0.3, 0.4) is 0 Å². The van der Waals surface area contributed by atoms with E-state index in [0.717, 1.165) is 5.56 Å². The van der Waals surface area contributed by atoms with E-state index >= 15 is 0 Å². The number of aromatic nitrogens is 2. The van der Waals surface area contributed by atoms with Gasteiger partial charge in [-0.25, -0.2) is 9.78 Å². The highest BCUT2D eigenvalue weighted by Gasteiger charge is 2.44. The van der Waals surface area contributed by atoms with Crippen molar-refractivity contribution in [2.75, 3.05) is 18.0 Å². The quantitative estimate of drug-likeness (QED) is 0.227. The zero-order chi connectivity index (χ0) is 28.7. The molecule has 1 aromatic heterocycles. The lowest BCUT2D eigenvalue weighted by Gasteiger charge is -2.39. The van der Waals surface area contributed by atoms with Crippen LogP contribution in [0, 0.1) is 12.3 Å². The predicted octanol–water partition coefficient (Wildman–Crippen LogP) is 3.78. The normalized spacial score (nSPS) is 12.4. The van der Waals surface area contributed by atoms with E-state index < -0.39 is 23.4 Å². The zero-order valence-corrected chi connectivity index (χ0v) is 22.4. The number of aliphatic carboxylic acids is 2. The number of nitrogens with one attached hydrogen (secondary N) is 1. The van der Waals surface area contributed by atoms with Crippen molar-refractivity contribution in [1.29, 1.82) is 0 Å². The molecule has 0 unspecified atom stereocenters. The van der Waals surface area contributed by atoms with Crippen molar-refractivity contribution in [2.45, 2.75) is 45.2 Å². The Labute approximate surface area is 230 Å². The molecule has 0 aliphatic rings. The van der Waals surface area contributed by atoms with Gasteiger partial charge in [-0.3, -0.25) is 19.4 Å². The summed E-state index contributed by atoms with van der Waals surface area (Å²) < 4.78 is 0. The fourth-order valence-electron chi connectivity index (χ4n) is 4.63. The molecule has 204 valence electrons. The summed E-state index contributed by atoms with van der Waals surface area (Å²) in [5.74, 6) is -0.280. The van der Waals surface area contributed by atoms with Crippen molar-refractivity contribution in [3.63, 3.8) is 0 Å². The average Bonchev–Trinajstić information content (AvgIpc) is 2.90. The summed E-state index contributed by atoms with van der Waals surface area (Å²) >= 11 is 5.83. The first kappa shape index (κ1) is 29.2. The SMILES string of the molecule is C#CCN(Cc1ccc2nc(Cl)[nH]c(=O)c2c1)c1ccc(C(=O)N(CC)[C@@](CC)(CCC(=O)O)C(=O)O)cc1. The van der Waals surface area contributed by atoms with Crippen LogP contribution >= 0.6 is 11.6 Å². The predicted molar refractivity (Wildman–Crippen MR) is 148 cm³/mol. The van der Waals surface area contributed by atoms with Gasteiger partial charge in [-0.1, -0.05) is 18.9 Å². The third-order valence-corrected chi connectivity index (χ3v) is 6.87. The molecule has 11 heteroatoms. The van der Waals surface area contributed by atoms with Gasteiger partial charge in [0.1, 0.15) is 5.54 Å². The molecule has 0 saturated carbocycles. The van der Waals surface area contributed by atoms with Crippen LogP contribution in [0.1, 0.15) is 49.0 Å². The summed E-state index contributed by atoms with van der Waals surface area (Å²) in [7, 11) is 0. The number of aromatic amines is 1. The Bertz CT molecular complexity index is 1480. The van der Waals surface area contributed by atoms with Crippen molar-refractivity contribution in [3.05, 3.63) is 69.2 Å². The maximum Gasteiger partial charge on any atom is 0.329 e. The van der Waals surface area contributed by atoms with Gasteiger partial charge in [0.25, 0.3) is 11.5 Å². The van der Waals surface area contributed by atoms with Gasteiger partial charge in [0.15, 0.2) is 0 Å². The van der Waals surface area contributed by atoms with Crippen LogP contribution in [0.15, 0.2) is 47.3 Å². The first-order valence-electron chi connectivity index (χ1n) is 12.3. The van der Waals surface area contributed by atoms with Crippen molar-refractivity contribution >= 4 is 46.0 Å². The minimum Gasteiger partial charge on any atom is -0.481 e. The molecule has 0 radical (unpaired) electrons. The Morgan fingerprint density at radius 2 is 1.82 bits per heavy atom. The zero-order valence-electron chi connectivity index (χ0n) is 21.6. The Kier molecular flexibility index (Phi) is 9.33. The fourth-order valence-corrected chi connectivity index (χ4v) is 4.80. The number of H-pyrrole nitrogens is 1. The molecular weight excluding hydrogens is 524 g/mol. The Hall–Kier alpha value is -4.36. The highest BCUT2D eigenvalue weighted by molar-refractivity contribution is 6.28. The standard InChI is InChI=1S/C28H29ClN4O6/c1-4-15-32(17-18-7-12-22-21(16-18)24(36)31-27(29)30-22)20-10-8-19(9-11-20)25(37)33(6-3)28(5-2,26(38)39)14-13-23(34)35/h1,7-12,16H,5-6,13-15,17H2,2-3H3,(H,34,35)(H,38,39)(H,30,31,36)/t28-/m0/s1. The van der Waals surface area contributed by atoms with Crippen molar-refractivity contribution in [3.8, 4) is 12.3 Å². The first-order chi connectivity index (χ1) is 18.6.